The number of carbonyl (C=O) groups excluding carboxylic acids is 2. The molecule has 0 spiro atoms. The molecule has 7 aromatic heterocycles. The number of anilines is 4. The second kappa shape index (κ2) is 48.9. The van der Waals surface area contributed by atoms with Crippen molar-refractivity contribution in [2.24, 2.45) is 40.9 Å². The minimum atomic E-state index is -1.05. The van der Waals surface area contributed by atoms with Crippen LogP contribution in [0.1, 0.15) is 207 Å². The summed E-state index contributed by atoms with van der Waals surface area (Å²) in [5.74, 6) is 1.44. The van der Waals surface area contributed by atoms with E-state index in [0.29, 0.717) is 88.5 Å². The molecule has 7 aromatic carbocycles. The molecule has 18 N–H and O–H groups in total. The van der Waals surface area contributed by atoms with Gasteiger partial charge >= 0.3 is 5.97 Å². The molecule has 28 nitrogen and oxygen atoms in total. The number of hydrogen-bond donors (Lipinski definition) is 13. The van der Waals surface area contributed by atoms with E-state index in [1.54, 1.807) is 102 Å². The summed E-state index contributed by atoms with van der Waals surface area (Å²) < 4.78 is 4.53. The maximum absolute atomic E-state index is 13.4. The zero-order valence-corrected chi connectivity index (χ0v) is 79.1. The van der Waals surface area contributed by atoms with E-state index in [9.17, 15) is 34.8 Å². The topological polar surface area (TPSA) is 452 Å². The normalized spacial score (nSPS) is 14.6. The molecule has 7 heterocycles. The van der Waals surface area contributed by atoms with Crippen molar-refractivity contribution in [1.29, 1.82) is 5.26 Å². The van der Waals surface area contributed by atoms with E-state index in [1.807, 2.05) is 202 Å². The van der Waals surface area contributed by atoms with Gasteiger partial charge in [-0.2, -0.15) is 20.6 Å². The van der Waals surface area contributed by atoms with Crippen LogP contribution < -0.4 is 44.6 Å². The quantitative estimate of drug-likeness (QED) is 0.00985. The number of nitrogen functional groups attached to an aromatic ring is 2. The van der Waals surface area contributed by atoms with Gasteiger partial charge in [-0.15, -0.1) is 0 Å². The van der Waals surface area contributed by atoms with Crippen molar-refractivity contribution in [1.82, 2.24) is 54.6 Å². The molecular formula is C111H126N20O8. The third-order valence-corrected chi connectivity index (χ3v) is 26.0. The van der Waals surface area contributed by atoms with Crippen LogP contribution in [0.3, 0.4) is 0 Å². The maximum Gasteiger partial charge on any atom is 0.354 e. The number of rotatable bonds is 36. The van der Waals surface area contributed by atoms with Gasteiger partial charge in [0, 0.05) is 127 Å². The van der Waals surface area contributed by atoms with Crippen LogP contribution in [0.2, 0.25) is 0 Å². The lowest BCUT2D eigenvalue weighted by atomic mass is 9.72. The Hall–Kier alpha value is -14.6. The predicted molar refractivity (Wildman–Crippen MR) is 544 cm³/mol. The lowest BCUT2D eigenvalue weighted by molar-refractivity contribution is 0.0665. The summed E-state index contributed by atoms with van der Waals surface area (Å²) in [4.78, 5) is 58.4. The Morgan fingerprint density at radius 2 is 0.791 bits per heavy atom. The van der Waals surface area contributed by atoms with Crippen LogP contribution >= 0.6 is 0 Å². The average molecular weight is 1870 g/mol. The second-order valence-corrected chi connectivity index (χ2v) is 36.3. The molecule has 718 valence electrons. The molecule has 4 saturated carbocycles. The van der Waals surface area contributed by atoms with Gasteiger partial charge in [0.05, 0.1) is 72.2 Å². The summed E-state index contributed by atoms with van der Waals surface area (Å²) in [6.45, 7) is 16.2. The van der Waals surface area contributed by atoms with Crippen LogP contribution in [0.4, 0.5) is 28.4 Å². The summed E-state index contributed by atoms with van der Waals surface area (Å²) in [7, 11) is 0. The third-order valence-electron chi connectivity index (χ3n) is 26.0. The number of aromatic carboxylic acids is 1. The van der Waals surface area contributed by atoms with Crippen molar-refractivity contribution in [3.05, 3.63) is 387 Å². The van der Waals surface area contributed by atoms with Crippen LogP contribution in [-0.2, 0) is 28.4 Å². The molecule has 0 saturated heterocycles. The molecule has 4 fully saturated rings. The van der Waals surface area contributed by atoms with Crippen molar-refractivity contribution < 1.29 is 39.9 Å². The largest absolute Gasteiger partial charge is 0.477 e. The standard InChI is InChI=1S/C30H29N5O2.C30H33N5O2.C18H22N2O.C17H20N2O.C12H9N3O2.C4H13N3/c1-21-16-28(35(34-21)27-10-4-8-25(18-27)31-2)29(37)33-26-9-3-6-23(17-26)30(20-36,14-13-22-11-12-22)24-7-5-15-32-19-24;1-21-15-28(35(34-21)27-9-2-5-23(16-27)18-31)29(37)33-26-8-3-6-24(17-26)30(20-36,13-12-22-10-11-22)25-7-4-14-32-19-25;19-17-5-1-3-15(11-17)18(13-21,9-8-14-6-7-14)16-4-2-10-20-12-16;18-16-5-1-3-14(11-16)17(20,9-8-13-6-7-13)15-4-2-10-19-12-15;1-8-5-11(12(16)17)15(14-8)10-4-2-3-9(6-10)7-13;5-1-3-7-4-2-6/h3-10,15-19,22,36H,11-14,20H2,1H3,(H,33,37);2-9,14-17,19,22,36H,10-13,18,20,31H2,1H3,(H,33,37);1-5,10-12,14,21H,6-9,13,19H2;1-5,10-13,20H,6-9,18H2;2-6H,1H3,(H,16,17);7H,1-6H2. The fourth-order valence-electron chi connectivity index (χ4n) is 17.5. The van der Waals surface area contributed by atoms with E-state index >= 15 is 0 Å². The summed E-state index contributed by atoms with van der Waals surface area (Å²) in [5, 5.41) is 83.1. The van der Waals surface area contributed by atoms with Gasteiger partial charge in [0.2, 0.25) is 0 Å². The number of nitrogens with one attached hydrogen (secondary N) is 3. The predicted octanol–water partition coefficient (Wildman–Crippen LogP) is 17.1. The Kier molecular flexibility index (Phi) is 35.9. The Morgan fingerprint density at radius 3 is 1.18 bits per heavy atom. The van der Waals surface area contributed by atoms with Crippen LogP contribution in [0.15, 0.2) is 286 Å². The van der Waals surface area contributed by atoms with Gasteiger partial charge in [-0.25, -0.2) is 23.7 Å². The molecule has 14 aromatic rings. The van der Waals surface area contributed by atoms with E-state index < -0.39 is 27.8 Å². The first-order chi connectivity index (χ1) is 67.5. The van der Waals surface area contributed by atoms with Crippen molar-refractivity contribution in [2.75, 3.05) is 68.1 Å². The molecule has 0 bridgehead atoms. The molecule has 4 aliphatic rings. The number of carboxylic acids is 1. The van der Waals surface area contributed by atoms with Gasteiger partial charge in [0.15, 0.2) is 11.4 Å². The minimum Gasteiger partial charge on any atom is -0.477 e. The van der Waals surface area contributed by atoms with E-state index in [-0.39, 0.29) is 37.3 Å². The van der Waals surface area contributed by atoms with E-state index in [1.165, 1.54) is 62.1 Å². The molecule has 0 aliphatic heterocycles. The number of amides is 2. The molecule has 18 rings (SSSR count). The minimum absolute atomic E-state index is 0.0355. The van der Waals surface area contributed by atoms with Crippen LogP contribution in [0, 0.1) is 62.3 Å². The molecule has 2 amide bonds. The molecule has 4 unspecified atom stereocenters. The van der Waals surface area contributed by atoms with Crippen molar-refractivity contribution in [3.8, 4) is 23.1 Å². The molecule has 4 atom stereocenters. The summed E-state index contributed by atoms with van der Waals surface area (Å²) in [5.41, 5.74) is 42.7. The van der Waals surface area contributed by atoms with Gasteiger partial charge in [-0.3, -0.25) is 29.5 Å². The number of aliphatic hydroxyl groups excluding tert-OH is 3. The maximum atomic E-state index is 13.4. The number of hydrogen-bond acceptors (Lipinski definition) is 21. The highest BCUT2D eigenvalue weighted by atomic mass is 16.4. The smallest absolute Gasteiger partial charge is 0.354 e. The number of aromatic nitrogens is 10. The highest BCUT2D eigenvalue weighted by Crippen LogP contribution is 2.47. The fraction of sp³-hybridized carbons (Fsp3) is 0.315. The van der Waals surface area contributed by atoms with Crippen molar-refractivity contribution in [3.63, 3.8) is 0 Å². The Balaban J connectivity index is 0.000000148. The third kappa shape index (κ3) is 27.3. The van der Waals surface area contributed by atoms with E-state index in [0.717, 1.165) is 149 Å². The monoisotopic (exact) mass is 1870 g/mol. The van der Waals surface area contributed by atoms with Gasteiger partial charge in [0.25, 0.3) is 11.8 Å². The lowest BCUT2D eigenvalue weighted by Gasteiger charge is -2.33. The zero-order valence-electron chi connectivity index (χ0n) is 79.1. The van der Waals surface area contributed by atoms with Crippen LogP contribution in [0.5, 0.6) is 0 Å². The van der Waals surface area contributed by atoms with Gasteiger partial charge in [-0.1, -0.05) is 154 Å². The number of nitriles is 1. The molecular weight excluding hydrogens is 1740 g/mol. The number of benzene rings is 7. The summed E-state index contributed by atoms with van der Waals surface area (Å²) in [6.07, 6.45) is 32.0. The van der Waals surface area contributed by atoms with E-state index in [4.69, 9.17) is 45.6 Å². The molecule has 4 aliphatic carbocycles. The van der Waals surface area contributed by atoms with Gasteiger partial charge < -0.3 is 70.2 Å². The highest BCUT2D eigenvalue weighted by molar-refractivity contribution is 6.04. The second-order valence-electron chi connectivity index (χ2n) is 36.3. The number of aliphatic hydroxyl groups is 4. The zero-order chi connectivity index (χ0) is 98.3. The first kappa shape index (κ1) is 102. The van der Waals surface area contributed by atoms with Crippen LogP contribution in [0.25, 0.3) is 21.9 Å². The van der Waals surface area contributed by atoms with Gasteiger partial charge in [0.1, 0.15) is 17.0 Å². The van der Waals surface area contributed by atoms with Crippen molar-refractivity contribution >= 4 is 46.2 Å². The van der Waals surface area contributed by atoms with E-state index in [2.05, 4.69) is 68.2 Å². The SMILES string of the molecule is Cc1cc(C(=O)Nc2cccc(C(CO)(CCC3CC3)c3cccnc3)c2)n(-c2cccc(CN)c2)n1.Cc1cc(C(=O)O)n(-c2cccc(C#N)c2)n1.NCCNCCN.Nc1cccc(C(CO)(CCC2CC2)c2cccnc2)c1.Nc1cccc(C(O)(CCC2CC2)c2cccnc2)c1.[C-]#[N+]c1cccc(-n2nc(C)cc2C(=O)Nc2cccc(C(CO)(CCC3CC3)c3cccnc3)c2)c1. The number of nitrogens with zero attached hydrogens (tertiary/aromatic N) is 12. The van der Waals surface area contributed by atoms with Crippen LogP contribution in [-0.4, -0.2) is 139 Å². The summed E-state index contributed by atoms with van der Waals surface area (Å²) in [6, 6.07) is 74.9. The number of nitrogens with two attached hydrogens (primary N) is 5. The number of aryl methyl sites for hydroxylation is 3. The lowest BCUT2D eigenvalue weighted by Crippen LogP contribution is -2.32. The van der Waals surface area contributed by atoms with Crippen molar-refractivity contribution in [2.45, 2.75) is 152 Å². The van der Waals surface area contributed by atoms with Gasteiger partial charge in [-0.05, 0) is 274 Å². The number of pyridine rings is 4. The first-order valence-corrected chi connectivity index (χ1v) is 47.6. The molecule has 139 heavy (non-hydrogen) atoms. The number of carbonyl (C=O) groups is 3. The highest BCUT2D eigenvalue weighted by Gasteiger charge is 2.41. The Morgan fingerprint density at radius 1 is 0.432 bits per heavy atom. The summed E-state index contributed by atoms with van der Waals surface area (Å²) >= 11 is 0. The average Bonchev–Trinajstić information content (AvgIpc) is 1.57. The molecule has 0 radical (unpaired) electrons. The fourth-order valence-corrected chi connectivity index (χ4v) is 17.5. The Bertz CT molecular complexity index is 6450. The Labute approximate surface area is 812 Å². The number of carboxylic acid groups (broad SMARTS) is 1. The first-order valence-electron chi connectivity index (χ1n) is 47.6. The molecule has 28 heteroatoms.